The van der Waals surface area contributed by atoms with Crippen LogP contribution in [-0.4, -0.2) is 32.9 Å². The number of benzene rings is 3. The molecule has 0 spiro atoms. The second-order valence-electron chi connectivity index (χ2n) is 7.22. The predicted molar refractivity (Wildman–Crippen MR) is 120 cm³/mol. The van der Waals surface area contributed by atoms with Crippen LogP contribution in [0.25, 0.3) is 0 Å². The Morgan fingerprint density at radius 3 is 2.45 bits per heavy atom. The Bertz CT molecular complexity index is 1230. The Morgan fingerprint density at radius 1 is 1.03 bits per heavy atom. The molecule has 0 atom stereocenters. The van der Waals surface area contributed by atoms with Gasteiger partial charge in [0, 0.05) is 24.3 Å². The Kier molecular flexibility index (Phi) is 5.89. The summed E-state index contributed by atoms with van der Waals surface area (Å²) in [5, 5.41) is 0.0431. The molecule has 6 nitrogen and oxygen atoms in total. The van der Waals surface area contributed by atoms with Crippen LogP contribution in [0.15, 0.2) is 71.6 Å². The van der Waals surface area contributed by atoms with E-state index in [1.54, 1.807) is 35.2 Å². The van der Waals surface area contributed by atoms with Crippen molar-refractivity contribution in [2.45, 2.75) is 17.9 Å². The molecule has 1 N–H and O–H groups in total. The van der Waals surface area contributed by atoms with Crippen LogP contribution in [0.3, 0.4) is 0 Å². The molecule has 1 heterocycles. The normalized spacial score (nSPS) is 13.4. The topological polar surface area (TPSA) is 75.7 Å². The molecule has 3 aromatic carbocycles. The average Bonchev–Trinajstić information content (AvgIpc) is 2.78. The van der Waals surface area contributed by atoms with Crippen LogP contribution in [0.4, 0.5) is 5.69 Å². The largest absolute Gasteiger partial charge is 0.497 e. The van der Waals surface area contributed by atoms with Crippen LogP contribution in [0, 0.1) is 0 Å². The van der Waals surface area contributed by atoms with Gasteiger partial charge in [0.25, 0.3) is 15.9 Å². The molecule has 31 heavy (non-hydrogen) atoms. The molecule has 0 unspecified atom stereocenters. The lowest BCUT2D eigenvalue weighted by molar-refractivity contribution is 0.0734. The molecule has 0 saturated heterocycles. The second kappa shape index (κ2) is 8.61. The highest BCUT2D eigenvalue weighted by atomic mass is 35.5. The highest BCUT2D eigenvalue weighted by Gasteiger charge is 2.25. The minimum Gasteiger partial charge on any atom is -0.497 e. The molecule has 0 aromatic heterocycles. The van der Waals surface area contributed by atoms with Crippen molar-refractivity contribution in [2.24, 2.45) is 0 Å². The summed E-state index contributed by atoms with van der Waals surface area (Å²) in [5.41, 5.74) is 2.97. The van der Waals surface area contributed by atoms with Crippen molar-refractivity contribution in [3.05, 3.63) is 88.4 Å². The fourth-order valence-electron chi connectivity index (χ4n) is 3.56. The first-order valence-corrected chi connectivity index (χ1v) is 11.6. The molecular weight excluding hydrogens is 436 g/mol. The van der Waals surface area contributed by atoms with Crippen molar-refractivity contribution in [1.82, 2.24) is 4.90 Å². The molecule has 4 rings (SSSR count). The van der Waals surface area contributed by atoms with Crippen LogP contribution in [0.2, 0.25) is 5.02 Å². The number of amides is 1. The predicted octanol–water partition coefficient (Wildman–Crippen LogP) is 4.35. The first-order chi connectivity index (χ1) is 14.9. The summed E-state index contributed by atoms with van der Waals surface area (Å²) in [6.07, 6.45) is 0.764. The van der Waals surface area contributed by atoms with Crippen LogP contribution < -0.4 is 9.46 Å². The molecule has 3 aromatic rings. The van der Waals surface area contributed by atoms with Gasteiger partial charge in [-0.05, 0) is 60.0 Å². The number of halogens is 1. The third kappa shape index (κ3) is 4.52. The van der Waals surface area contributed by atoms with Crippen molar-refractivity contribution in [2.75, 3.05) is 18.4 Å². The van der Waals surface area contributed by atoms with E-state index in [1.165, 1.54) is 24.8 Å². The standard InChI is InChI=1S/C23H21ClN2O4S/c1-30-20-9-7-19(8-10-20)25-31(28,29)22-14-17(6-11-21(22)24)23(27)26-13-12-16-4-2-3-5-18(16)15-26/h2-11,14,25H,12-13,15H2,1H3. The number of sulfonamides is 1. The number of ether oxygens (including phenoxy) is 1. The van der Waals surface area contributed by atoms with E-state index in [4.69, 9.17) is 16.3 Å². The van der Waals surface area contributed by atoms with Gasteiger partial charge in [-0.2, -0.15) is 0 Å². The molecule has 0 bridgehead atoms. The Hall–Kier alpha value is -3.03. The number of rotatable bonds is 5. The molecule has 0 radical (unpaired) electrons. The maximum atomic E-state index is 13.1. The Labute approximate surface area is 186 Å². The molecule has 1 amide bonds. The number of anilines is 1. The highest BCUT2D eigenvalue weighted by Crippen LogP contribution is 2.27. The van der Waals surface area contributed by atoms with Crippen molar-refractivity contribution in [3.63, 3.8) is 0 Å². The fraction of sp³-hybridized carbons (Fsp3) is 0.174. The highest BCUT2D eigenvalue weighted by molar-refractivity contribution is 7.92. The Balaban J connectivity index is 1.58. The lowest BCUT2D eigenvalue weighted by atomic mass is 9.99. The van der Waals surface area contributed by atoms with E-state index in [2.05, 4.69) is 10.8 Å². The first kappa shape index (κ1) is 21.2. The van der Waals surface area contributed by atoms with Gasteiger partial charge in [0.2, 0.25) is 0 Å². The molecule has 1 aliphatic rings. The van der Waals surface area contributed by atoms with E-state index in [0.717, 1.165) is 12.0 Å². The molecule has 160 valence electrons. The average molecular weight is 457 g/mol. The summed E-state index contributed by atoms with van der Waals surface area (Å²) in [6.45, 7) is 1.06. The number of hydrogen-bond acceptors (Lipinski definition) is 4. The summed E-state index contributed by atoms with van der Waals surface area (Å²) >= 11 is 6.19. The van der Waals surface area contributed by atoms with Crippen LogP contribution >= 0.6 is 11.6 Å². The number of carbonyl (C=O) groups excluding carboxylic acids is 1. The summed E-state index contributed by atoms with van der Waals surface area (Å²) in [6, 6.07) is 18.8. The minimum atomic E-state index is -3.99. The van der Waals surface area contributed by atoms with Gasteiger partial charge in [-0.25, -0.2) is 8.42 Å². The van der Waals surface area contributed by atoms with Gasteiger partial charge >= 0.3 is 0 Å². The van der Waals surface area contributed by atoms with E-state index in [0.29, 0.717) is 24.5 Å². The zero-order valence-corrected chi connectivity index (χ0v) is 18.4. The molecule has 0 fully saturated rings. The van der Waals surface area contributed by atoms with E-state index < -0.39 is 10.0 Å². The van der Waals surface area contributed by atoms with E-state index in [9.17, 15) is 13.2 Å². The monoisotopic (exact) mass is 456 g/mol. The lowest BCUT2D eigenvalue weighted by Gasteiger charge is -2.29. The van der Waals surface area contributed by atoms with Gasteiger partial charge in [-0.1, -0.05) is 35.9 Å². The number of nitrogens with one attached hydrogen (secondary N) is 1. The number of nitrogens with zero attached hydrogens (tertiary/aromatic N) is 1. The van der Waals surface area contributed by atoms with Crippen LogP contribution in [0.5, 0.6) is 5.75 Å². The van der Waals surface area contributed by atoms with E-state index >= 15 is 0 Å². The number of carbonyl (C=O) groups is 1. The Morgan fingerprint density at radius 2 is 1.74 bits per heavy atom. The maximum Gasteiger partial charge on any atom is 0.263 e. The fourth-order valence-corrected chi connectivity index (χ4v) is 5.15. The quantitative estimate of drug-likeness (QED) is 0.619. The zero-order chi connectivity index (χ0) is 22.0. The zero-order valence-electron chi connectivity index (χ0n) is 16.8. The van der Waals surface area contributed by atoms with Gasteiger partial charge in [0.1, 0.15) is 10.6 Å². The summed E-state index contributed by atoms with van der Waals surface area (Å²) in [7, 11) is -2.46. The molecule has 0 aliphatic carbocycles. The summed E-state index contributed by atoms with van der Waals surface area (Å²) in [5.74, 6) is 0.378. The van der Waals surface area contributed by atoms with E-state index in [1.807, 2.05) is 18.2 Å². The van der Waals surface area contributed by atoms with Crippen molar-refractivity contribution >= 4 is 33.2 Å². The summed E-state index contributed by atoms with van der Waals surface area (Å²) < 4.78 is 33.5. The number of hydrogen-bond donors (Lipinski definition) is 1. The molecule has 1 aliphatic heterocycles. The van der Waals surface area contributed by atoms with Crippen molar-refractivity contribution in [3.8, 4) is 5.75 Å². The van der Waals surface area contributed by atoms with Gasteiger partial charge in [0.05, 0.1) is 12.1 Å². The first-order valence-electron chi connectivity index (χ1n) is 9.70. The lowest BCUT2D eigenvalue weighted by Crippen LogP contribution is -2.36. The SMILES string of the molecule is COc1ccc(NS(=O)(=O)c2cc(C(=O)N3CCc4ccccc4C3)ccc2Cl)cc1. The van der Waals surface area contributed by atoms with Crippen LogP contribution in [0.1, 0.15) is 21.5 Å². The van der Waals surface area contributed by atoms with Gasteiger partial charge < -0.3 is 9.64 Å². The van der Waals surface area contributed by atoms with E-state index in [-0.39, 0.29) is 21.4 Å². The minimum absolute atomic E-state index is 0.0431. The molecule has 8 heteroatoms. The number of methoxy groups -OCH3 is 1. The third-order valence-corrected chi connectivity index (χ3v) is 7.09. The number of fused-ring (bicyclic) bond motifs is 1. The van der Waals surface area contributed by atoms with Gasteiger partial charge in [0.15, 0.2) is 0 Å². The van der Waals surface area contributed by atoms with Crippen molar-refractivity contribution < 1.29 is 17.9 Å². The molecular formula is C23H21ClN2O4S. The smallest absolute Gasteiger partial charge is 0.263 e. The van der Waals surface area contributed by atoms with Gasteiger partial charge in [-0.3, -0.25) is 9.52 Å². The molecule has 0 saturated carbocycles. The van der Waals surface area contributed by atoms with Gasteiger partial charge in [-0.15, -0.1) is 0 Å². The second-order valence-corrected chi connectivity index (χ2v) is 9.28. The summed E-state index contributed by atoms with van der Waals surface area (Å²) in [4.78, 5) is 14.7. The maximum absolute atomic E-state index is 13.1. The van der Waals surface area contributed by atoms with Crippen LogP contribution in [-0.2, 0) is 23.0 Å². The third-order valence-electron chi connectivity index (χ3n) is 5.23. The van der Waals surface area contributed by atoms with Crippen molar-refractivity contribution in [1.29, 1.82) is 0 Å².